The Balaban J connectivity index is 2.36. The van der Waals surface area contributed by atoms with E-state index in [0.717, 1.165) is 23.8 Å². The number of anilines is 2. The molecule has 3 nitrogen and oxygen atoms in total. The van der Waals surface area contributed by atoms with E-state index in [9.17, 15) is 0 Å². The van der Waals surface area contributed by atoms with Gasteiger partial charge in [-0.3, -0.25) is 0 Å². The first-order valence-corrected chi connectivity index (χ1v) is 7.18. The Hall–Kier alpha value is -1.61. The summed E-state index contributed by atoms with van der Waals surface area (Å²) >= 11 is 6.10. The maximum absolute atomic E-state index is 6.10. The van der Waals surface area contributed by atoms with E-state index in [2.05, 4.69) is 49.0 Å². The molecular weight excluding hydrogens is 270 g/mol. The highest BCUT2D eigenvalue weighted by Gasteiger charge is 2.19. The molecule has 2 rings (SSSR count). The molecule has 1 aromatic heterocycles. The van der Waals surface area contributed by atoms with Gasteiger partial charge in [-0.2, -0.15) is 0 Å². The third kappa shape index (κ3) is 3.48. The third-order valence-electron chi connectivity index (χ3n) is 3.03. The highest BCUT2D eigenvalue weighted by molar-refractivity contribution is 6.29. The summed E-state index contributed by atoms with van der Waals surface area (Å²) in [5.74, 6) is 1.47. The second-order valence-electron chi connectivity index (χ2n) is 5.79. The minimum absolute atomic E-state index is 0.133. The van der Waals surface area contributed by atoms with Crippen LogP contribution in [0.15, 0.2) is 30.3 Å². The van der Waals surface area contributed by atoms with E-state index < -0.39 is 0 Å². The number of para-hydroxylation sites is 1. The van der Waals surface area contributed by atoms with Gasteiger partial charge in [0.05, 0.1) is 0 Å². The van der Waals surface area contributed by atoms with Gasteiger partial charge < -0.3 is 5.32 Å². The maximum atomic E-state index is 6.10. The summed E-state index contributed by atoms with van der Waals surface area (Å²) in [6.07, 6.45) is 0.966. The number of hydrogen-bond donors (Lipinski definition) is 1. The molecular formula is C16H20ClN3. The van der Waals surface area contributed by atoms with Crippen LogP contribution in [0.1, 0.15) is 39.1 Å². The Kier molecular flexibility index (Phi) is 4.29. The molecule has 0 unspecified atom stereocenters. The molecule has 0 radical (unpaired) electrons. The van der Waals surface area contributed by atoms with E-state index in [-0.39, 0.29) is 5.41 Å². The third-order valence-corrected chi connectivity index (χ3v) is 3.22. The topological polar surface area (TPSA) is 37.8 Å². The normalized spacial score (nSPS) is 11.4. The first-order valence-electron chi connectivity index (χ1n) is 6.80. The summed E-state index contributed by atoms with van der Waals surface area (Å²) in [6, 6.07) is 9.96. The lowest BCUT2D eigenvalue weighted by Crippen LogP contribution is -2.17. The van der Waals surface area contributed by atoms with Gasteiger partial charge >= 0.3 is 0 Å². The first kappa shape index (κ1) is 14.8. The quantitative estimate of drug-likeness (QED) is 0.830. The summed E-state index contributed by atoms with van der Waals surface area (Å²) < 4.78 is 0. The maximum Gasteiger partial charge on any atom is 0.137 e. The van der Waals surface area contributed by atoms with Crippen molar-refractivity contribution >= 4 is 23.1 Å². The summed E-state index contributed by atoms with van der Waals surface area (Å²) in [6.45, 7) is 8.35. The van der Waals surface area contributed by atoms with Crippen molar-refractivity contribution in [3.05, 3.63) is 46.9 Å². The van der Waals surface area contributed by atoms with Crippen LogP contribution in [0.5, 0.6) is 0 Å². The van der Waals surface area contributed by atoms with Gasteiger partial charge in [0, 0.05) is 17.2 Å². The van der Waals surface area contributed by atoms with Gasteiger partial charge in [-0.05, 0) is 18.1 Å². The van der Waals surface area contributed by atoms with E-state index in [1.807, 2.05) is 18.2 Å². The van der Waals surface area contributed by atoms with Crippen LogP contribution in [-0.2, 0) is 11.8 Å². The van der Waals surface area contributed by atoms with Crippen molar-refractivity contribution in [2.75, 3.05) is 5.32 Å². The molecule has 0 spiro atoms. The second-order valence-corrected chi connectivity index (χ2v) is 6.17. The summed E-state index contributed by atoms with van der Waals surface area (Å²) in [4.78, 5) is 8.87. The predicted octanol–water partition coefficient (Wildman–Crippen LogP) is 4.73. The zero-order valence-corrected chi connectivity index (χ0v) is 13.1. The molecule has 2 aromatic rings. The Morgan fingerprint density at radius 1 is 1.15 bits per heavy atom. The van der Waals surface area contributed by atoms with Crippen LogP contribution in [0.3, 0.4) is 0 Å². The van der Waals surface area contributed by atoms with Crippen LogP contribution < -0.4 is 5.32 Å². The van der Waals surface area contributed by atoms with Crippen molar-refractivity contribution in [3.8, 4) is 0 Å². The van der Waals surface area contributed by atoms with Crippen LogP contribution >= 0.6 is 11.6 Å². The predicted molar refractivity (Wildman–Crippen MR) is 84.8 cm³/mol. The smallest absolute Gasteiger partial charge is 0.137 e. The van der Waals surface area contributed by atoms with E-state index in [1.165, 1.54) is 5.56 Å². The molecule has 0 aliphatic carbocycles. The zero-order valence-electron chi connectivity index (χ0n) is 12.4. The molecule has 0 fully saturated rings. The van der Waals surface area contributed by atoms with Crippen molar-refractivity contribution in [1.82, 2.24) is 9.97 Å². The largest absolute Gasteiger partial charge is 0.340 e. The van der Waals surface area contributed by atoms with Gasteiger partial charge in [0.15, 0.2) is 0 Å². The molecule has 1 heterocycles. The fourth-order valence-corrected chi connectivity index (χ4v) is 2.09. The SMILES string of the molecule is CCc1ccccc1Nc1cc(Cl)nc(C(C)(C)C)n1. The van der Waals surface area contributed by atoms with Crippen molar-refractivity contribution in [2.45, 2.75) is 39.5 Å². The number of nitrogens with one attached hydrogen (secondary N) is 1. The molecule has 4 heteroatoms. The molecule has 0 atom stereocenters. The van der Waals surface area contributed by atoms with Gasteiger partial charge in [0.1, 0.15) is 16.8 Å². The van der Waals surface area contributed by atoms with Crippen LogP contribution in [0, 0.1) is 0 Å². The van der Waals surface area contributed by atoms with Crippen molar-refractivity contribution in [1.29, 1.82) is 0 Å². The van der Waals surface area contributed by atoms with Crippen molar-refractivity contribution in [3.63, 3.8) is 0 Å². The highest BCUT2D eigenvalue weighted by Crippen LogP contribution is 2.25. The molecule has 0 saturated carbocycles. The standard InChI is InChI=1S/C16H20ClN3/c1-5-11-8-6-7-9-12(11)18-14-10-13(17)19-15(20-14)16(2,3)4/h6-10H,5H2,1-4H3,(H,18,19,20). The van der Waals surface area contributed by atoms with Crippen LogP contribution in [-0.4, -0.2) is 9.97 Å². The second kappa shape index (κ2) is 5.80. The molecule has 0 amide bonds. The fourth-order valence-electron chi connectivity index (χ4n) is 1.91. The van der Waals surface area contributed by atoms with Gasteiger partial charge in [0.25, 0.3) is 0 Å². The van der Waals surface area contributed by atoms with Crippen LogP contribution in [0.25, 0.3) is 0 Å². The van der Waals surface area contributed by atoms with Gasteiger partial charge in [-0.1, -0.05) is 57.5 Å². The van der Waals surface area contributed by atoms with E-state index in [1.54, 1.807) is 6.07 Å². The van der Waals surface area contributed by atoms with Crippen LogP contribution in [0.2, 0.25) is 5.15 Å². The molecule has 0 aliphatic heterocycles. The molecule has 0 aliphatic rings. The number of benzene rings is 1. The van der Waals surface area contributed by atoms with Crippen LogP contribution in [0.4, 0.5) is 11.5 Å². The van der Waals surface area contributed by atoms with Crippen molar-refractivity contribution in [2.24, 2.45) is 0 Å². The Bertz CT molecular complexity index is 603. The molecule has 0 saturated heterocycles. The number of aryl methyl sites for hydroxylation is 1. The minimum Gasteiger partial charge on any atom is -0.340 e. The molecule has 20 heavy (non-hydrogen) atoms. The van der Waals surface area contributed by atoms with Gasteiger partial charge in [-0.25, -0.2) is 9.97 Å². The molecule has 1 aromatic carbocycles. The first-order chi connectivity index (χ1) is 9.40. The highest BCUT2D eigenvalue weighted by atomic mass is 35.5. The average molecular weight is 290 g/mol. The zero-order chi connectivity index (χ0) is 14.8. The fraction of sp³-hybridized carbons (Fsp3) is 0.375. The van der Waals surface area contributed by atoms with E-state index in [4.69, 9.17) is 11.6 Å². The van der Waals surface area contributed by atoms with Gasteiger partial charge in [-0.15, -0.1) is 0 Å². The number of halogens is 1. The molecule has 1 N–H and O–H groups in total. The molecule has 0 bridgehead atoms. The number of hydrogen-bond acceptors (Lipinski definition) is 3. The molecule has 106 valence electrons. The minimum atomic E-state index is -0.133. The summed E-state index contributed by atoms with van der Waals surface area (Å²) in [7, 11) is 0. The van der Waals surface area contributed by atoms with Gasteiger partial charge in [0.2, 0.25) is 0 Å². The van der Waals surface area contributed by atoms with E-state index in [0.29, 0.717) is 5.15 Å². The average Bonchev–Trinajstić information content (AvgIpc) is 2.37. The Morgan fingerprint density at radius 3 is 2.50 bits per heavy atom. The number of aromatic nitrogens is 2. The lowest BCUT2D eigenvalue weighted by molar-refractivity contribution is 0.546. The Morgan fingerprint density at radius 2 is 1.85 bits per heavy atom. The lowest BCUT2D eigenvalue weighted by Gasteiger charge is -2.18. The van der Waals surface area contributed by atoms with Crippen molar-refractivity contribution < 1.29 is 0 Å². The summed E-state index contributed by atoms with van der Waals surface area (Å²) in [5.41, 5.74) is 2.18. The lowest BCUT2D eigenvalue weighted by atomic mass is 9.96. The number of nitrogens with zero attached hydrogens (tertiary/aromatic N) is 2. The summed E-state index contributed by atoms with van der Waals surface area (Å²) in [5, 5.41) is 3.80. The van der Waals surface area contributed by atoms with E-state index >= 15 is 0 Å². The monoisotopic (exact) mass is 289 g/mol. The Labute approximate surface area is 125 Å². The number of rotatable bonds is 3.